The Bertz CT molecular complexity index is 848. The Labute approximate surface area is 189 Å². The Hall–Kier alpha value is -1.63. The Kier molecular flexibility index (Phi) is 8.00. The number of rotatable bonds is 9. The van der Waals surface area contributed by atoms with Gasteiger partial charge in [0.25, 0.3) is 0 Å². The van der Waals surface area contributed by atoms with Gasteiger partial charge >= 0.3 is 0 Å². The fourth-order valence-corrected chi connectivity index (χ4v) is 4.83. The topological polar surface area (TPSA) is 79.2 Å². The number of benzene rings is 1. The second kappa shape index (κ2) is 10.3. The van der Waals surface area contributed by atoms with Crippen LogP contribution in [-0.2, 0) is 15.9 Å². The molecule has 5 atom stereocenters. The minimum atomic E-state index is -1.03. The number of aliphatic hydroxyl groups excluding tert-OH is 3. The quantitative estimate of drug-likeness (QED) is 0.388. The third-order valence-corrected chi connectivity index (χ3v) is 6.87. The summed E-state index contributed by atoms with van der Waals surface area (Å²) in [5.41, 5.74) is 2.14. The minimum absolute atomic E-state index is 0.0120. The average molecular weight is 449 g/mol. The van der Waals surface area contributed by atoms with Crippen LogP contribution in [0.4, 0.5) is 0 Å². The summed E-state index contributed by atoms with van der Waals surface area (Å²) in [4.78, 5) is 0. The molecule has 31 heavy (non-hydrogen) atoms. The molecule has 1 saturated carbocycles. The Morgan fingerprint density at radius 3 is 2.71 bits per heavy atom. The second-order valence-corrected chi connectivity index (χ2v) is 8.73. The van der Waals surface area contributed by atoms with Gasteiger partial charge in [0, 0.05) is 17.5 Å². The molecule has 3 N–H and O–H groups in total. The van der Waals surface area contributed by atoms with Gasteiger partial charge in [-0.15, -0.1) is 0 Å². The summed E-state index contributed by atoms with van der Waals surface area (Å²) < 4.78 is 11.7. The van der Waals surface area contributed by atoms with Gasteiger partial charge in [0.15, 0.2) is 0 Å². The van der Waals surface area contributed by atoms with E-state index in [1.165, 1.54) is 0 Å². The highest BCUT2D eigenvalue weighted by Gasteiger charge is 2.58. The standard InChI is InChI=1S/C25H33ClO5/c1-4-17(7-6-16(3)30-5-2)14-19-15-18(8-9-21(19)26)24-23(29)22(28)20-10-11-25(20,31-24)12-13-27/h4,6-9,15,20,22-24,27-29H,3,5,10-14H2,1-2H3. The van der Waals surface area contributed by atoms with E-state index in [0.717, 1.165) is 29.5 Å². The molecule has 5 nitrogen and oxygen atoms in total. The molecule has 3 rings (SSSR count). The third kappa shape index (κ3) is 5.07. The van der Waals surface area contributed by atoms with Crippen LogP contribution in [0.25, 0.3) is 0 Å². The molecule has 0 radical (unpaired) electrons. The lowest BCUT2D eigenvalue weighted by Crippen LogP contribution is -2.63. The summed E-state index contributed by atoms with van der Waals surface area (Å²) in [6, 6.07) is 5.57. The number of halogens is 1. The normalized spacial score (nSPS) is 30.7. The summed E-state index contributed by atoms with van der Waals surface area (Å²) in [6.07, 6.45) is 5.82. The zero-order chi connectivity index (χ0) is 22.6. The van der Waals surface area contributed by atoms with Gasteiger partial charge in [0.2, 0.25) is 0 Å². The van der Waals surface area contributed by atoms with Crippen LogP contribution >= 0.6 is 11.6 Å². The number of hydrogen-bond acceptors (Lipinski definition) is 5. The van der Waals surface area contributed by atoms with Crippen molar-refractivity contribution in [1.29, 1.82) is 0 Å². The van der Waals surface area contributed by atoms with Crippen molar-refractivity contribution in [3.63, 3.8) is 0 Å². The van der Waals surface area contributed by atoms with E-state index in [2.05, 4.69) is 6.58 Å². The Balaban J connectivity index is 1.82. The lowest BCUT2D eigenvalue weighted by molar-refractivity contribution is -0.292. The molecule has 5 unspecified atom stereocenters. The van der Waals surface area contributed by atoms with Gasteiger partial charge in [-0.3, -0.25) is 0 Å². The van der Waals surface area contributed by atoms with Crippen molar-refractivity contribution in [3.8, 4) is 0 Å². The van der Waals surface area contributed by atoms with Gasteiger partial charge in [-0.25, -0.2) is 0 Å². The number of fused-ring (bicyclic) bond motifs is 1. The fraction of sp³-hybridized carbons (Fsp3) is 0.520. The summed E-state index contributed by atoms with van der Waals surface area (Å²) in [6.45, 7) is 8.28. The largest absolute Gasteiger partial charge is 0.495 e. The highest BCUT2D eigenvalue weighted by molar-refractivity contribution is 6.31. The highest BCUT2D eigenvalue weighted by Crippen LogP contribution is 2.54. The monoisotopic (exact) mass is 448 g/mol. The molecule has 0 aromatic heterocycles. The van der Waals surface area contributed by atoms with Crippen molar-refractivity contribution in [3.05, 3.63) is 70.5 Å². The van der Waals surface area contributed by atoms with Gasteiger partial charge in [0.1, 0.15) is 18.0 Å². The van der Waals surface area contributed by atoms with Crippen molar-refractivity contribution < 1.29 is 24.8 Å². The van der Waals surface area contributed by atoms with E-state index in [1.807, 2.05) is 44.2 Å². The van der Waals surface area contributed by atoms with Crippen molar-refractivity contribution in [2.75, 3.05) is 13.2 Å². The van der Waals surface area contributed by atoms with Gasteiger partial charge in [-0.1, -0.05) is 42.5 Å². The maximum Gasteiger partial charge on any atom is 0.112 e. The van der Waals surface area contributed by atoms with Crippen LogP contribution in [-0.4, -0.2) is 46.3 Å². The molecule has 170 valence electrons. The molecule has 1 aromatic rings. The molecule has 1 aliphatic carbocycles. The number of hydrogen-bond donors (Lipinski definition) is 3. The van der Waals surface area contributed by atoms with E-state index in [0.29, 0.717) is 30.2 Å². The Morgan fingerprint density at radius 2 is 2.10 bits per heavy atom. The molecule has 1 aliphatic heterocycles. The van der Waals surface area contributed by atoms with Crippen molar-refractivity contribution in [2.45, 2.75) is 63.4 Å². The van der Waals surface area contributed by atoms with Gasteiger partial charge in [-0.2, -0.15) is 0 Å². The second-order valence-electron chi connectivity index (χ2n) is 8.33. The predicted octanol–water partition coefficient (Wildman–Crippen LogP) is 4.26. The van der Waals surface area contributed by atoms with Crippen molar-refractivity contribution >= 4 is 11.6 Å². The van der Waals surface area contributed by atoms with Crippen LogP contribution in [0, 0.1) is 5.92 Å². The SMILES string of the molecule is C=C(C=CC(=CC)Cc1cc(C2OC3(CCO)CCC3C(O)C2O)ccc1Cl)OCC. The Morgan fingerprint density at radius 1 is 1.32 bits per heavy atom. The van der Waals surface area contributed by atoms with Gasteiger partial charge in [-0.05, 0) is 68.4 Å². The molecule has 0 spiro atoms. The molecule has 1 saturated heterocycles. The van der Waals surface area contributed by atoms with E-state index >= 15 is 0 Å². The lowest BCUT2D eigenvalue weighted by Gasteiger charge is -2.58. The van der Waals surface area contributed by atoms with E-state index in [9.17, 15) is 15.3 Å². The number of aliphatic hydroxyl groups is 3. The van der Waals surface area contributed by atoms with E-state index in [1.54, 1.807) is 6.07 Å². The summed E-state index contributed by atoms with van der Waals surface area (Å²) in [5.74, 6) is 0.453. The molecule has 2 aliphatic rings. The van der Waals surface area contributed by atoms with Crippen LogP contribution in [0.15, 0.2) is 54.3 Å². The predicted molar refractivity (Wildman–Crippen MR) is 122 cm³/mol. The first-order valence-corrected chi connectivity index (χ1v) is 11.3. The molecule has 1 aromatic carbocycles. The maximum absolute atomic E-state index is 10.8. The van der Waals surface area contributed by atoms with E-state index in [4.69, 9.17) is 21.1 Å². The first kappa shape index (κ1) is 24.0. The summed E-state index contributed by atoms with van der Waals surface area (Å²) in [7, 11) is 0. The van der Waals surface area contributed by atoms with Crippen LogP contribution in [0.2, 0.25) is 5.02 Å². The summed E-state index contributed by atoms with van der Waals surface area (Å²) in [5, 5.41) is 31.6. The number of allylic oxidation sites excluding steroid dienone is 4. The highest BCUT2D eigenvalue weighted by atomic mass is 35.5. The molecule has 0 amide bonds. The molecule has 0 bridgehead atoms. The molecule has 2 fully saturated rings. The number of ether oxygens (including phenoxy) is 2. The van der Waals surface area contributed by atoms with Crippen LogP contribution in [0.5, 0.6) is 0 Å². The maximum atomic E-state index is 10.8. The third-order valence-electron chi connectivity index (χ3n) is 6.50. The van der Waals surface area contributed by atoms with Crippen LogP contribution in [0.3, 0.4) is 0 Å². The van der Waals surface area contributed by atoms with Crippen LogP contribution < -0.4 is 0 Å². The van der Waals surface area contributed by atoms with E-state index in [-0.39, 0.29) is 12.5 Å². The fourth-order valence-electron chi connectivity index (χ4n) is 4.64. The van der Waals surface area contributed by atoms with E-state index < -0.39 is 23.9 Å². The summed E-state index contributed by atoms with van der Waals surface area (Å²) >= 11 is 6.47. The molecular formula is C25H33ClO5. The molecular weight excluding hydrogens is 416 g/mol. The molecule has 1 heterocycles. The van der Waals surface area contributed by atoms with Crippen molar-refractivity contribution in [2.24, 2.45) is 5.92 Å². The first-order chi connectivity index (χ1) is 14.8. The zero-order valence-corrected chi connectivity index (χ0v) is 19.0. The van der Waals surface area contributed by atoms with Gasteiger partial charge in [0.05, 0.1) is 18.3 Å². The first-order valence-electron chi connectivity index (χ1n) is 10.9. The van der Waals surface area contributed by atoms with Gasteiger partial charge < -0.3 is 24.8 Å². The van der Waals surface area contributed by atoms with Crippen LogP contribution in [0.1, 0.15) is 50.3 Å². The minimum Gasteiger partial charge on any atom is -0.495 e. The zero-order valence-electron chi connectivity index (χ0n) is 18.3. The van der Waals surface area contributed by atoms with Crippen molar-refractivity contribution in [1.82, 2.24) is 0 Å². The molecule has 6 heteroatoms. The lowest BCUT2D eigenvalue weighted by atomic mass is 9.61. The smallest absolute Gasteiger partial charge is 0.112 e. The average Bonchev–Trinajstić information content (AvgIpc) is 2.73.